The van der Waals surface area contributed by atoms with Gasteiger partial charge < -0.3 is 10.1 Å². The van der Waals surface area contributed by atoms with Crippen molar-refractivity contribution in [3.8, 4) is 28.3 Å². The van der Waals surface area contributed by atoms with Crippen LogP contribution in [0.5, 0.6) is 5.75 Å². The van der Waals surface area contributed by atoms with E-state index in [0.29, 0.717) is 18.0 Å². The average Bonchev–Trinajstić information content (AvgIpc) is 3.35. The summed E-state index contributed by atoms with van der Waals surface area (Å²) in [5.41, 5.74) is 5.45. The van der Waals surface area contributed by atoms with Crippen molar-refractivity contribution in [3.05, 3.63) is 90.0 Å². The molecule has 0 unspecified atom stereocenters. The molecule has 190 valence electrons. The molecule has 0 saturated heterocycles. The van der Waals surface area contributed by atoms with E-state index in [2.05, 4.69) is 29.6 Å². The van der Waals surface area contributed by atoms with Gasteiger partial charge in [-0.3, -0.25) is 4.79 Å². The van der Waals surface area contributed by atoms with Crippen molar-refractivity contribution in [1.29, 1.82) is 0 Å². The Morgan fingerprint density at radius 3 is 2.38 bits per heavy atom. The third kappa shape index (κ3) is 6.26. The zero-order valence-corrected chi connectivity index (χ0v) is 21.4. The molecule has 37 heavy (non-hydrogen) atoms. The lowest BCUT2D eigenvalue weighted by Gasteiger charge is -2.24. The van der Waals surface area contributed by atoms with E-state index in [1.165, 1.54) is 24.8 Å². The monoisotopic (exact) mass is 494 g/mol. The Bertz CT molecular complexity index is 1310. The normalized spacial score (nSPS) is 13.2. The molecule has 6 nitrogen and oxygen atoms in total. The molecule has 1 aliphatic carbocycles. The molecule has 3 aromatic carbocycles. The summed E-state index contributed by atoms with van der Waals surface area (Å²) in [4.78, 5) is 14.7. The van der Waals surface area contributed by atoms with E-state index in [9.17, 15) is 4.79 Å². The van der Waals surface area contributed by atoms with Gasteiger partial charge in [0.05, 0.1) is 13.7 Å². The van der Waals surface area contributed by atoms with Crippen LogP contribution < -0.4 is 10.1 Å². The van der Waals surface area contributed by atoms with Gasteiger partial charge in [0.15, 0.2) is 0 Å². The number of aromatic nitrogens is 3. The number of aryl methyl sites for hydroxylation is 1. The third-order valence-electron chi connectivity index (χ3n) is 7.08. The van der Waals surface area contributed by atoms with Crippen molar-refractivity contribution in [2.75, 3.05) is 13.7 Å². The quantitative estimate of drug-likeness (QED) is 0.253. The summed E-state index contributed by atoms with van der Waals surface area (Å²) in [6.45, 7) is 1.48. The second kappa shape index (κ2) is 11.9. The highest BCUT2D eigenvalue weighted by molar-refractivity contribution is 5.95. The fourth-order valence-electron chi connectivity index (χ4n) is 4.68. The molecular formula is C31H34N4O2. The summed E-state index contributed by atoms with van der Waals surface area (Å²) in [5, 5.41) is 12.8. The largest absolute Gasteiger partial charge is 0.497 e. The van der Waals surface area contributed by atoms with Crippen molar-refractivity contribution in [2.24, 2.45) is 5.92 Å². The van der Waals surface area contributed by atoms with E-state index in [0.717, 1.165) is 54.1 Å². The Morgan fingerprint density at radius 1 is 0.919 bits per heavy atom. The molecule has 0 spiro atoms. The molecule has 0 atom stereocenters. The summed E-state index contributed by atoms with van der Waals surface area (Å²) in [5.74, 6) is 1.38. The zero-order chi connectivity index (χ0) is 25.5. The molecule has 1 saturated carbocycles. The highest BCUT2D eigenvalue weighted by atomic mass is 16.5. The maximum absolute atomic E-state index is 12.9. The lowest BCUT2D eigenvalue weighted by molar-refractivity contribution is 0.0953. The Labute approximate surface area is 218 Å². The van der Waals surface area contributed by atoms with E-state index >= 15 is 0 Å². The molecule has 5 rings (SSSR count). The molecule has 1 N–H and O–H groups in total. The number of nitrogens with one attached hydrogen (secondary N) is 1. The lowest BCUT2D eigenvalue weighted by atomic mass is 9.86. The first kappa shape index (κ1) is 24.8. The van der Waals surface area contributed by atoms with Gasteiger partial charge in [0.25, 0.3) is 5.91 Å². The minimum atomic E-state index is -0.0607. The van der Waals surface area contributed by atoms with Gasteiger partial charge >= 0.3 is 0 Å². The number of nitrogens with zero attached hydrogens (tertiary/aromatic N) is 3. The number of hydrogen-bond acceptors (Lipinski definition) is 4. The van der Waals surface area contributed by atoms with Crippen LogP contribution >= 0.6 is 0 Å². The van der Waals surface area contributed by atoms with Crippen molar-refractivity contribution in [3.63, 3.8) is 0 Å². The van der Waals surface area contributed by atoms with Gasteiger partial charge in [0.2, 0.25) is 0 Å². The molecular weight excluding hydrogens is 460 g/mol. The molecule has 1 amide bonds. The number of carbonyl (C=O) groups is 1. The molecule has 1 fully saturated rings. The minimum Gasteiger partial charge on any atom is -0.497 e. The van der Waals surface area contributed by atoms with Crippen LogP contribution in [-0.4, -0.2) is 34.6 Å². The molecule has 1 aliphatic rings. The van der Waals surface area contributed by atoms with Gasteiger partial charge in [0, 0.05) is 23.2 Å². The van der Waals surface area contributed by atoms with Crippen LogP contribution in [0.3, 0.4) is 0 Å². The molecule has 6 heteroatoms. The number of amides is 1. The van der Waals surface area contributed by atoms with Crippen LogP contribution in [0.1, 0.15) is 48.0 Å². The number of hydrogen-bond donors (Lipinski definition) is 1. The average molecular weight is 495 g/mol. The van der Waals surface area contributed by atoms with Crippen molar-refractivity contribution >= 4 is 5.91 Å². The van der Waals surface area contributed by atoms with Gasteiger partial charge in [-0.1, -0.05) is 48.9 Å². The fraction of sp³-hybridized carbons (Fsp3) is 0.323. The summed E-state index contributed by atoms with van der Waals surface area (Å²) in [6, 6.07) is 26.0. The van der Waals surface area contributed by atoms with Gasteiger partial charge in [-0.25, -0.2) is 0 Å². The Hall–Kier alpha value is -3.93. The van der Waals surface area contributed by atoms with Gasteiger partial charge in [-0.05, 0) is 80.0 Å². The van der Waals surface area contributed by atoms with Crippen LogP contribution in [0.25, 0.3) is 22.5 Å². The number of carbonyl (C=O) groups excluding carboxylic acids is 1. The number of benzene rings is 3. The SMILES string of the molecule is COc1ccc(-c2nn(CC3CCC3)nc2-c2cccc(C(=O)NCCCCc3ccccc3)c2)cc1. The molecule has 1 aromatic heterocycles. The second-order valence-electron chi connectivity index (χ2n) is 9.76. The van der Waals surface area contributed by atoms with Gasteiger partial charge in [-0.2, -0.15) is 15.0 Å². The van der Waals surface area contributed by atoms with Crippen molar-refractivity contribution < 1.29 is 9.53 Å². The fourth-order valence-corrected chi connectivity index (χ4v) is 4.68. The molecule has 0 aliphatic heterocycles. The zero-order valence-electron chi connectivity index (χ0n) is 21.4. The maximum atomic E-state index is 12.9. The van der Waals surface area contributed by atoms with Gasteiger partial charge in [0.1, 0.15) is 17.1 Å². The smallest absolute Gasteiger partial charge is 0.251 e. The van der Waals surface area contributed by atoms with E-state index in [1.807, 2.05) is 59.4 Å². The molecule has 0 bridgehead atoms. The van der Waals surface area contributed by atoms with Crippen LogP contribution in [0.15, 0.2) is 78.9 Å². The number of rotatable bonds is 11. The first-order chi connectivity index (χ1) is 18.2. The number of ether oxygens (including phenoxy) is 1. The third-order valence-corrected chi connectivity index (χ3v) is 7.08. The summed E-state index contributed by atoms with van der Waals surface area (Å²) >= 11 is 0. The highest BCUT2D eigenvalue weighted by Gasteiger charge is 2.22. The summed E-state index contributed by atoms with van der Waals surface area (Å²) in [6.07, 6.45) is 6.76. The van der Waals surface area contributed by atoms with Crippen LogP contribution in [0.4, 0.5) is 0 Å². The van der Waals surface area contributed by atoms with Crippen LogP contribution in [-0.2, 0) is 13.0 Å². The first-order valence-corrected chi connectivity index (χ1v) is 13.2. The van der Waals surface area contributed by atoms with E-state index in [1.54, 1.807) is 7.11 Å². The Kier molecular flexibility index (Phi) is 7.94. The predicted molar refractivity (Wildman–Crippen MR) is 147 cm³/mol. The Morgan fingerprint density at radius 2 is 1.68 bits per heavy atom. The number of unbranched alkanes of at least 4 members (excludes halogenated alkanes) is 1. The highest BCUT2D eigenvalue weighted by Crippen LogP contribution is 2.32. The predicted octanol–water partition coefficient (Wildman–Crippen LogP) is 6.17. The molecule has 0 radical (unpaired) electrons. The molecule has 4 aromatic rings. The second-order valence-corrected chi connectivity index (χ2v) is 9.76. The standard InChI is InChI=1S/C31H34N4O2/c1-37-28-18-16-25(17-19-28)29-30(34-35(33-29)22-24-12-7-13-24)26-14-8-15-27(21-26)31(36)32-20-6-5-11-23-9-3-2-4-10-23/h2-4,8-10,14-19,21,24H,5-7,11-13,20,22H2,1H3,(H,32,36). The Balaban J connectivity index is 1.29. The summed E-state index contributed by atoms with van der Waals surface area (Å²) < 4.78 is 5.33. The lowest BCUT2D eigenvalue weighted by Crippen LogP contribution is -2.24. The first-order valence-electron chi connectivity index (χ1n) is 13.2. The molecule has 1 heterocycles. The number of methoxy groups -OCH3 is 1. The minimum absolute atomic E-state index is 0.0607. The summed E-state index contributed by atoms with van der Waals surface area (Å²) in [7, 11) is 1.66. The van der Waals surface area contributed by atoms with E-state index in [-0.39, 0.29) is 5.91 Å². The van der Waals surface area contributed by atoms with E-state index in [4.69, 9.17) is 14.9 Å². The van der Waals surface area contributed by atoms with Crippen LogP contribution in [0.2, 0.25) is 0 Å². The van der Waals surface area contributed by atoms with Crippen molar-refractivity contribution in [2.45, 2.75) is 45.1 Å². The van der Waals surface area contributed by atoms with Gasteiger partial charge in [-0.15, -0.1) is 0 Å². The maximum Gasteiger partial charge on any atom is 0.251 e. The van der Waals surface area contributed by atoms with Crippen LogP contribution in [0, 0.1) is 5.92 Å². The van der Waals surface area contributed by atoms with E-state index < -0.39 is 0 Å². The topological polar surface area (TPSA) is 69.0 Å². The van der Waals surface area contributed by atoms with Crippen molar-refractivity contribution in [1.82, 2.24) is 20.3 Å².